The third kappa shape index (κ3) is 5.90. The Bertz CT molecular complexity index is 1370. The van der Waals surface area contributed by atoms with Gasteiger partial charge in [-0.3, -0.25) is 0 Å². The lowest BCUT2D eigenvalue weighted by molar-refractivity contribution is 0.277. The average Bonchev–Trinajstić information content (AvgIpc) is 3.61. The van der Waals surface area contributed by atoms with E-state index in [2.05, 4.69) is 14.5 Å². The molecule has 0 amide bonds. The normalized spacial score (nSPS) is 23.0. The minimum absolute atomic E-state index is 0. The van der Waals surface area contributed by atoms with Crippen molar-refractivity contribution in [2.24, 2.45) is 5.73 Å². The Kier molecular flexibility index (Phi) is 9.82. The van der Waals surface area contributed by atoms with E-state index in [1.54, 1.807) is 28.6 Å². The van der Waals surface area contributed by atoms with E-state index < -0.39 is 10.0 Å². The maximum Gasteiger partial charge on any atom is 0.243 e. The van der Waals surface area contributed by atoms with Gasteiger partial charge in [-0.25, -0.2) is 13.4 Å². The number of fused-ring (bicyclic) bond motifs is 1. The lowest BCUT2D eigenvalue weighted by atomic mass is 9.89. The highest BCUT2D eigenvalue weighted by molar-refractivity contribution is 7.89. The lowest BCUT2D eigenvalue weighted by Gasteiger charge is -2.44. The minimum Gasteiger partial charge on any atom is -0.382 e. The van der Waals surface area contributed by atoms with E-state index in [4.69, 9.17) is 21.4 Å². The maximum absolute atomic E-state index is 13.2. The number of halogens is 2. The van der Waals surface area contributed by atoms with Crippen molar-refractivity contribution in [3.8, 4) is 0 Å². The SMILES string of the molecule is Cl.Cl.Nc1nc(N(C2CCC(N)CC2)C2CCN(S(=O)(=O)c3ccccc3)CC2)nc2c1ncn2C1CCCC1. The molecule has 0 radical (unpaired) electrons. The summed E-state index contributed by atoms with van der Waals surface area (Å²) in [4.78, 5) is 17.1. The second-order valence-corrected chi connectivity index (χ2v) is 13.0. The third-order valence-electron chi connectivity index (χ3n) is 8.72. The molecule has 0 atom stereocenters. The molecule has 10 nitrogen and oxygen atoms in total. The van der Waals surface area contributed by atoms with Crippen molar-refractivity contribution in [2.75, 3.05) is 23.7 Å². The van der Waals surface area contributed by atoms with E-state index in [1.165, 1.54) is 12.8 Å². The Balaban J connectivity index is 0.00000185. The van der Waals surface area contributed by atoms with Crippen LogP contribution in [0, 0.1) is 0 Å². The number of benzene rings is 1. The quantitative estimate of drug-likeness (QED) is 0.421. The number of rotatable bonds is 6. The van der Waals surface area contributed by atoms with Crippen molar-refractivity contribution in [3.05, 3.63) is 36.7 Å². The van der Waals surface area contributed by atoms with Gasteiger partial charge in [0, 0.05) is 37.3 Å². The van der Waals surface area contributed by atoms with Crippen LogP contribution in [0.1, 0.15) is 70.3 Å². The molecule has 3 aromatic rings. The molecule has 3 heterocycles. The van der Waals surface area contributed by atoms with Crippen LogP contribution in [0.15, 0.2) is 41.6 Å². The summed E-state index contributed by atoms with van der Waals surface area (Å²) in [5.41, 5.74) is 14.2. The summed E-state index contributed by atoms with van der Waals surface area (Å²) in [6, 6.07) is 9.69. The highest BCUT2D eigenvalue weighted by atomic mass is 35.5. The Hall–Kier alpha value is -2.18. The van der Waals surface area contributed by atoms with Crippen molar-refractivity contribution in [2.45, 2.75) is 93.3 Å². The van der Waals surface area contributed by atoms with E-state index in [0.717, 1.165) is 44.2 Å². The first kappa shape index (κ1) is 30.8. The second kappa shape index (κ2) is 12.8. The number of nitrogens with zero attached hydrogens (tertiary/aromatic N) is 6. The molecule has 2 aromatic heterocycles. The van der Waals surface area contributed by atoms with E-state index in [1.807, 2.05) is 12.4 Å². The summed E-state index contributed by atoms with van der Waals surface area (Å²) in [6.45, 7) is 0.921. The number of imidazole rings is 1. The average molecular weight is 612 g/mol. The molecule has 2 aliphatic carbocycles. The Morgan fingerprint density at radius 1 is 0.850 bits per heavy atom. The molecule has 40 heavy (non-hydrogen) atoms. The van der Waals surface area contributed by atoms with Gasteiger partial charge in [0.05, 0.1) is 11.2 Å². The molecule has 220 valence electrons. The van der Waals surface area contributed by atoms with Crippen molar-refractivity contribution in [3.63, 3.8) is 0 Å². The van der Waals surface area contributed by atoms with Gasteiger partial charge in [-0.05, 0) is 63.5 Å². The van der Waals surface area contributed by atoms with Crippen molar-refractivity contribution in [1.82, 2.24) is 23.8 Å². The first-order chi connectivity index (χ1) is 18.4. The fourth-order valence-electron chi connectivity index (χ4n) is 6.60. The van der Waals surface area contributed by atoms with Gasteiger partial charge in [-0.2, -0.15) is 14.3 Å². The predicted octanol–water partition coefficient (Wildman–Crippen LogP) is 4.30. The largest absolute Gasteiger partial charge is 0.382 e. The van der Waals surface area contributed by atoms with Crippen LogP contribution in [0.4, 0.5) is 11.8 Å². The van der Waals surface area contributed by atoms with Crippen LogP contribution >= 0.6 is 24.8 Å². The molecular formula is C27H40Cl2N8O2S. The zero-order valence-corrected chi connectivity index (χ0v) is 25.1. The molecule has 3 aliphatic rings. The first-order valence-corrected chi connectivity index (χ1v) is 15.4. The van der Waals surface area contributed by atoms with E-state index in [0.29, 0.717) is 54.2 Å². The Labute approximate surface area is 248 Å². The Morgan fingerprint density at radius 2 is 1.48 bits per heavy atom. The monoisotopic (exact) mass is 610 g/mol. The zero-order valence-electron chi connectivity index (χ0n) is 22.6. The van der Waals surface area contributed by atoms with Crippen LogP contribution in [-0.4, -0.2) is 63.5 Å². The van der Waals surface area contributed by atoms with Crippen molar-refractivity contribution >= 4 is 57.8 Å². The molecule has 1 aliphatic heterocycles. The van der Waals surface area contributed by atoms with Gasteiger partial charge in [-0.15, -0.1) is 24.8 Å². The molecule has 4 N–H and O–H groups in total. The molecule has 1 saturated heterocycles. The number of nitrogens with two attached hydrogens (primary N) is 2. The molecular weight excluding hydrogens is 571 g/mol. The number of aromatic nitrogens is 4. The van der Waals surface area contributed by atoms with Crippen molar-refractivity contribution in [1.29, 1.82) is 0 Å². The lowest BCUT2D eigenvalue weighted by Crippen LogP contribution is -2.52. The number of anilines is 2. The number of sulfonamides is 1. The molecule has 13 heteroatoms. The summed E-state index contributed by atoms with van der Waals surface area (Å²) < 4.78 is 30.3. The third-order valence-corrected chi connectivity index (χ3v) is 10.6. The summed E-state index contributed by atoms with van der Waals surface area (Å²) in [6.07, 6.45) is 11.8. The smallest absolute Gasteiger partial charge is 0.243 e. The van der Waals surface area contributed by atoms with E-state index >= 15 is 0 Å². The zero-order chi connectivity index (χ0) is 26.3. The number of hydrogen-bond acceptors (Lipinski definition) is 8. The van der Waals surface area contributed by atoms with Crippen LogP contribution in [0.2, 0.25) is 0 Å². The fraction of sp³-hybridized carbons (Fsp3) is 0.593. The van der Waals surface area contributed by atoms with E-state index in [-0.39, 0.29) is 42.9 Å². The minimum atomic E-state index is -3.52. The molecule has 1 aromatic carbocycles. The topological polar surface area (TPSA) is 136 Å². The Morgan fingerprint density at radius 3 is 2.12 bits per heavy atom. The van der Waals surface area contributed by atoms with E-state index in [9.17, 15) is 8.42 Å². The second-order valence-electron chi connectivity index (χ2n) is 11.1. The van der Waals surface area contributed by atoms with Crippen LogP contribution in [0.25, 0.3) is 11.2 Å². The fourth-order valence-corrected chi connectivity index (χ4v) is 8.09. The van der Waals surface area contributed by atoms with Gasteiger partial charge in [0.25, 0.3) is 0 Å². The van der Waals surface area contributed by atoms with Crippen molar-refractivity contribution < 1.29 is 8.42 Å². The first-order valence-electron chi connectivity index (χ1n) is 14.0. The summed E-state index contributed by atoms with van der Waals surface area (Å²) in [5.74, 6) is 1.04. The number of piperidine rings is 1. The molecule has 3 fully saturated rings. The summed E-state index contributed by atoms with van der Waals surface area (Å²) >= 11 is 0. The van der Waals surface area contributed by atoms with Gasteiger partial charge < -0.3 is 20.9 Å². The van der Waals surface area contributed by atoms with Gasteiger partial charge in [-0.1, -0.05) is 31.0 Å². The number of hydrogen-bond donors (Lipinski definition) is 2. The van der Waals surface area contributed by atoms with Crippen LogP contribution in [0.5, 0.6) is 0 Å². The summed E-state index contributed by atoms with van der Waals surface area (Å²) in [7, 11) is -3.52. The van der Waals surface area contributed by atoms with Gasteiger partial charge in [0.2, 0.25) is 16.0 Å². The van der Waals surface area contributed by atoms with Gasteiger partial charge >= 0.3 is 0 Å². The maximum atomic E-state index is 13.2. The molecule has 0 spiro atoms. The standard InChI is InChI=1S/C27H38N8O2S.2ClH/c28-19-10-12-21(13-11-19)35(22-14-16-33(17-15-22)38(36,37)23-8-2-1-3-9-23)27-31-25(29)24-26(32-27)34(18-30-24)20-6-4-5-7-20;;/h1-3,8-9,18-22H,4-7,10-17,28H2,(H2,29,31,32);2*1H. The highest BCUT2D eigenvalue weighted by Gasteiger charge is 2.37. The molecule has 0 unspecified atom stereocenters. The summed E-state index contributed by atoms with van der Waals surface area (Å²) in [5, 5.41) is 0. The molecule has 0 bridgehead atoms. The molecule has 2 saturated carbocycles. The molecule has 6 rings (SSSR count). The predicted molar refractivity (Wildman–Crippen MR) is 163 cm³/mol. The van der Waals surface area contributed by atoms with Gasteiger partial charge in [0.15, 0.2) is 11.5 Å². The van der Waals surface area contributed by atoms with Crippen LogP contribution in [-0.2, 0) is 10.0 Å². The van der Waals surface area contributed by atoms with Crippen LogP contribution < -0.4 is 16.4 Å². The highest BCUT2D eigenvalue weighted by Crippen LogP contribution is 2.36. The number of nitrogen functional groups attached to an aromatic ring is 1. The van der Waals surface area contributed by atoms with Crippen LogP contribution in [0.3, 0.4) is 0 Å². The van der Waals surface area contributed by atoms with Gasteiger partial charge in [0.1, 0.15) is 5.52 Å².